The smallest absolute Gasteiger partial charge is 0.0228 e. The lowest BCUT2D eigenvalue weighted by molar-refractivity contribution is 0.387. The molecule has 5 heteroatoms. The average Bonchev–Trinajstić information content (AvgIpc) is 2.14. The second-order valence-corrected chi connectivity index (χ2v) is 3.71. The maximum Gasteiger partial charge on any atom is 0.0228 e. The third kappa shape index (κ3) is 5.51. The van der Waals surface area contributed by atoms with Gasteiger partial charge in [-0.2, -0.15) is 0 Å². The molecule has 0 aliphatic carbocycles. The van der Waals surface area contributed by atoms with Gasteiger partial charge in [-0.15, -0.1) is 0 Å². The quantitative estimate of drug-likeness (QED) is 0.323. The summed E-state index contributed by atoms with van der Waals surface area (Å²) < 4.78 is 0. The van der Waals surface area contributed by atoms with Crippen LogP contribution in [0.2, 0.25) is 0 Å². The zero-order chi connectivity index (χ0) is 11.0. The molecule has 0 aliphatic heterocycles. The molecule has 86 valence electrons. The highest BCUT2D eigenvalue weighted by atomic mass is 14.9. The fraction of sp³-hybridized carbons (Fsp3) is 1.00. The van der Waals surface area contributed by atoms with Crippen molar-refractivity contribution < 1.29 is 0 Å². The normalized spacial score (nSPS) is 17.8. The van der Waals surface area contributed by atoms with E-state index in [1.807, 2.05) is 7.05 Å². The first kappa shape index (κ1) is 13.8. The van der Waals surface area contributed by atoms with E-state index < -0.39 is 0 Å². The Labute approximate surface area is 86.6 Å². The summed E-state index contributed by atoms with van der Waals surface area (Å²) in [6, 6.07) is 0.414. The lowest BCUT2D eigenvalue weighted by atomic mass is 9.97. The molecule has 3 unspecified atom stereocenters. The van der Waals surface area contributed by atoms with Crippen molar-refractivity contribution in [1.29, 1.82) is 0 Å². The summed E-state index contributed by atoms with van der Waals surface area (Å²) in [4.78, 5) is 0. The third-order valence-electron chi connectivity index (χ3n) is 2.48. The van der Waals surface area contributed by atoms with Gasteiger partial charge in [-0.1, -0.05) is 0 Å². The van der Waals surface area contributed by atoms with Crippen LogP contribution in [0.3, 0.4) is 0 Å². The van der Waals surface area contributed by atoms with Crippen LogP contribution < -0.4 is 28.3 Å². The van der Waals surface area contributed by atoms with Gasteiger partial charge in [0.1, 0.15) is 0 Å². The molecule has 0 radical (unpaired) electrons. The van der Waals surface area contributed by atoms with Gasteiger partial charge in [-0.25, -0.2) is 0 Å². The van der Waals surface area contributed by atoms with Crippen LogP contribution in [0.5, 0.6) is 0 Å². The van der Waals surface area contributed by atoms with Gasteiger partial charge in [-0.05, 0) is 39.4 Å². The zero-order valence-electron chi connectivity index (χ0n) is 9.08. The Hall–Kier alpha value is -0.200. The highest BCUT2D eigenvalue weighted by molar-refractivity contribution is 4.82. The van der Waals surface area contributed by atoms with Gasteiger partial charge in [0.05, 0.1) is 0 Å². The molecular weight excluding hydrogens is 178 g/mol. The Bertz CT molecular complexity index is 130. The van der Waals surface area contributed by atoms with E-state index in [1.165, 1.54) is 0 Å². The summed E-state index contributed by atoms with van der Waals surface area (Å²) in [6.07, 6.45) is 2.50. The minimum absolute atomic E-state index is 0.0603. The Morgan fingerprint density at radius 3 is 2.07 bits per heavy atom. The largest absolute Gasteiger partial charge is 0.330 e. The molecule has 0 aromatic rings. The number of likely N-dealkylation sites (N-methyl/N-ethyl adjacent to an activating group) is 1. The van der Waals surface area contributed by atoms with Crippen molar-refractivity contribution in [2.24, 2.45) is 22.9 Å². The van der Waals surface area contributed by atoms with Crippen molar-refractivity contribution >= 4 is 0 Å². The summed E-state index contributed by atoms with van der Waals surface area (Å²) in [5, 5.41) is 3.16. The van der Waals surface area contributed by atoms with E-state index in [9.17, 15) is 0 Å². The molecule has 0 fully saturated rings. The molecule has 0 spiro atoms. The first-order valence-electron chi connectivity index (χ1n) is 5.24. The molecule has 0 saturated heterocycles. The molecule has 0 bridgehead atoms. The monoisotopic (exact) mass is 203 g/mol. The van der Waals surface area contributed by atoms with Gasteiger partial charge in [-0.3, -0.25) is 0 Å². The molecule has 0 heterocycles. The van der Waals surface area contributed by atoms with Crippen LogP contribution in [-0.4, -0.2) is 38.3 Å². The van der Waals surface area contributed by atoms with Crippen molar-refractivity contribution in [3.8, 4) is 0 Å². The second-order valence-electron chi connectivity index (χ2n) is 3.71. The number of hydrogen-bond acceptors (Lipinski definition) is 5. The third-order valence-corrected chi connectivity index (χ3v) is 2.48. The van der Waals surface area contributed by atoms with Crippen LogP contribution in [0.1, 0.15) is 19.3 Å². The SMILES string of the molecule is CNC(CCN)C(N)CC(N)CCN. The van der Waals surface area contributed by atoms with Gasteiger partial charge in [0.25, 0.3) is 0 Å². The Morgan fingerprint density at radius 1 is 1.07 bits per heavy atom. The molecule has 0 saturated carbocycles. The Balaban J connectivity index is 3.83. The van der Waals surface area contributed by atoms with E-state index in [2.05, 4.69) is 5.32 Å². The minimum atomic E-state index is 0.0603. The summed E-state index contributed by atoms with van der Waals surface area (Å²) in [5.41, 5.74) is 22.8. The molecule has 9 N–H and O–H groups in total. The van der Waals surface area contributed by atoms with Crippen LogP contribution in [0.25, 0.3) is 0 Å². The highest BCUT2D eigenvalue weighted by Crippen LogP contribution is 2.04. The molecule has 5 nitrogen and oxygen atoms in total. The Morgan fingerprint density at radius 2 is 1.64 bits per heavy atom. The average molecular weight is 203 g/mol. The molecule has 0 aromatic heterocycles. The first-order chi connectivity index (χ1) is 6.65. The van der Waals surface area contributed by atoms with E-state index in [0.717, 1.165) is 19.3 Å². The second kappa shape index (κ2) is 8.14. The first-order valence-corrected chi connectivity index (χ1v) is 5.24. The van der Waals surface area contributed by atoms with Crippen LogP contribution in [0.4, 0.5) is 0 Å². The fourth-order valence-electron chi connectivity index (χ4n) is 1.60. The molecule has 0 amide bonds. The van der Waals surface area contributed by atoms with E-state index in [0.29, 0.717) is 13.1 Å². The van der Waals surface area contributed by atoms with E-state index in [4.69, 9.17) is 22.9 Å². The molecule has 3 atom stereocenters. The summed E-state index contributed by atoms with van der Waals surface area (Å²) >= 11 is 0. The number of hydrogen-bond donors (Lipinski definition) is 5. The molecule has 0 rings (SSSR count). The van der Waals surface area contributed by atoms with Crippen molar-refractivity contribution in [3.63, 3.8) is 0 Å². The van der Waals surface area contributed by atoms with Gasteiger partial charge in [0, 0.05) is 18.1 Å². The fourth-order valence-corrected chi connectivity index (χ4v) is 1.60. The van der Waals surface area contributed by atoms with E-state index in [1.54, 1.807) is 0 Å². The number of nitrogens with one attached hydrogen (secondary N) is 1. The summed E-state index contributed by atoms with van der Waals surface area (Å²) in [5.74, 6) is 0. The maximum atomic E-state index is 6.01. The Kier molecular flexibility index (Phi) is 8.02. The maximum absolute atomic E-state index is 6.01. The van der Waals surface area contributed by atoms with Crippen LogP contribution in [0, 0.1) is 0 Å². The van der Waals surface area contributed by atoms with Gasteiger partial charge < -0.3 is 28.3 Å². The zero-order valence-corrected chi connectivity index (χ0v) is 9.08. The molecule has 0 aliphatic rings. The van der Waals surface area contributed by atoms with Crippen LogP contribution >= 0.6 is 0 Å². The minimum Gasteiger partial charge on any atom is -0.330 e. The van der Waals surface area contributed by atoms with Crippen molar-refractivity contribution in [2.75, 3.05) is 20.1 Å². The van der Waals surface area contributed by atoms with Crippen molar-refractivity contribution in [1.82, 2.24) is 5.32 Å². The topological polar surface area (TPSA) is 116 Å². The standard InChI is InChI=1S/C9H25N5/c1-14-9(3-5-11)8(13)6-7(12)2-4-10/h7-9,14H,2-6,10-13H2,1H3. The molecular formula is C9H25N5. The van der Waals surface area contributed by atoms with E-state index in [-0.39, 0.29) is 18.1 Å². The summed E-state index contributed by atoms with van der Waals surface area (Å²) in [6.45, 7) is 1.26. The lowest BCUT2D eigenvalue weighted by Crippen LogP contribution is -2.47. The summed E-state index contributed by atoms with van der Waals surface area (Å²) in [7, 11) is 1.90. The van der Waals surface area contributed by atoms with Crippen LogP contribution in [-0.2, 0) is 0 Å². The number of nitrogens with two attached hydrogens (primary N) is 4. The molecule has 0 aromatic carbocycles. The van der Waals surface area contributed by atoms with Gasteiger partial charge in [0.15, 0.2) is 0 Å². The van der Waals surface area contributed by atoms with Gasteiger partial charge in [0.2, 0.25) is 0 Å². The van der Waals surface area contributed by atoms with Crippen LogP contribution in [0.15, 0.2) is 0 Å². The van der Waals surface area contributed by atoms with Gasteiger partial charge >= 0.3 is 0 Å². The van der Waals surface area contributed by atoms with Crippen molar-refractivity contribution in [3.05, 3.63) is 0 Å². The molecule has 14 heavy (non-hydrogen) atoms. The van der Waals surface area contributed by atoms with E-state index >= 15 is 0 Å². The lowest BCUT2D eigenvalue weighted by Gasteiger charge is -2.25. The predicted molar refractivity (Wildman–Crippen MR) is 60.8 cm³/mol. The number of rotatable bonds is 8. The highest BCUT2D eigenvalue weighted by Gasteiger charge is 2.17. The predicted octanol–water partition coefficient (Wildman–Crippen LogP) is -1.68. The van der Waals surface area contributed by atoms with Crippen molar-refractivity contribution in [2.45, 2.75) is 37.4 Å².